The molecule has 90 valence electrons. The highest BCUT2D eigenvalue weighted by Crippen LogP contribution is 2.37. The first-order valence-corrected chi connectivity index (χ1v) is 6.92. The lowest BCUT2D eigenvalue weighted by atomic mass is 9.78. The molecule has 1 N–H and O–H groups in total. The minimum absolute atomic E-state index is 0.374. The van der Waals surface area contributed by atoms with Crippen LogP contribution in [-0.2, 0) is 0 Å². The summed E-state index contributed by atoms with van der Waals surface area (Å²) in [5.41, 5.74) is 0. The molecule has 1 unspecified atom stereocenters. The Balaban J connectivity index is 2.05. The van der Waals surface area contributed by atoms with Gasteiger partial charge in [0.25, 0.3) is 0 Å². The first-order chi connectivity index (χ1) is 7.70. The highest BCUT2D eigenvalue weighted by atomic mass is 79.9. The van der Waals surface area contributed by atoms with Crippen LogP contribution in [0.25, 0.3) is 0 Å². The highest BCUT2D eigenvalue weighted by Gasteiger charge is 2.27. The summed E-state index contributed by atoms with van der Waals surface area (Å²) in [6.45, 7) is 2.36. The van der Waals surface area contributed by atoms with E-state index in [-0.39, 0.29) is 0 Å². The third-order valence-corrected chi connectivity index (χ3v) is 4.17. The van der Waals surface area contributed by atoms with E-state index in [2.05, 4.69) is 34.2 Å². The molecule has 1 fully saturated rings. The van der Waals surface area contributed by atoms with Gasteiger partial charge < -0.3 is 9.73 Å². The fourth-order valence-corrected chi connectivity index (χ4v) is 3.04. The standard InChI is InChI=1S/C13H20BrNO/c1-9-3-5-10(6-4-9)13(15-2)11-7-8-12(14)16-11/h7-10,13,15H,3-6H2,1-2H3. The van der Waals surface area contributed by atoms with Crippen molar-refractivity contribution >= 4 is 15.9 Å². The summed E-state index contributed by atoms with van der Waals surface area (Å²) in [5, 5.41) is 3.40. The number of nitrogens with one attached hydrogen (secondary N) is 1. The SMILES string of the molecule is CNC(c1ccc(Br)o1)C1CCC(C)CC1. The quantitative estimate of drug-likeness (QED) is 0.903. The van der Waals surface area contributed by atoms with Crippen molar-refractivity contribution in [2.75, 3.05) is 7.05 Å². The molecule has 3 heteroatoms. The molecule has 0 aliphatic heterocycles. The zero-order chi connectivity index (χ0) is 11.5. The highest BCUT2D eigenvalue weighted by molar-refractivity contribution is 9.10. The molecule has 1 saturated carbocycles. The second kappa shape index (κ2) is 5.37. The van der Waals surface area contributed by atoms with Crippen molar-refractivity contribution < 1.29 is 4.42 Å². The third kappa shape index (κ3) is 2.69. The predicted molar refractivity (Wildman–Crippen MR) is 69.3 cm³/mol. The van der Waals surface area contributed by atoms with E-state index in [0.717, 1.165) is 22.3 Å². The Morgan fingerprint density at radius 1 is 1.31 bits per heavy atom. The van der Waals surface area contributed by atoms with Crippen LogP contribution >= 0.6 is 15.9 Å². The van der Waals surface area contributed by atoms with Gasteiger partial charge in [0, 0.05) is 0 Å². The van der Waals surface area contributed by atoms with Gasteiger partial charge >= 0.3 is 0 Å². The van der Waals surface area contributed by atoms with E-state index in [0.29, 0.717) is 6.04 Å². The minimum atomic E-state index is 0.374. The minimum Gasteiger partial charge on any atom is -0.453 e. The summed E-state index contributed by atoms with van der Waals surface area (Å²) in [6.07, 6.45) is 5.32. The van der Waals surface area contributed by atoms with Gasteiger partial charge in [0.1, 0.15) is 5.76 Å². The van der Waals surface area contributed by atoms with Gasteiger partial charge in [-0.25, -0.2) is 0 Å². The van der Waals surface area contributed by atoms with Crippen LogP contribution in [0.4, 0.5) is 0 Å². The van der Waals surface area contributed by atoms with Gasteiger partial charge in [-0.3, -0.25) is 0 Å². The maximum Gasteiger partial charge on any atom is 0.169 e. The zero-order valence-corrected chi connectivity index (χ0v) is 11.6. The smallest absolute Gasteiger partial charge is 0.169 e. The van der Waals surface area contributed by atoms with Gasteiger partial charge in [-0.2, -0.15) is 0 Å². The molecule has 0 aromatic carbocycles. The van der Waals surface area contributed by atoms with E-state index in [1.54, 1.807) is 0 Å². The molecular formula is C13H20BrNO. The van der Waals surface area contributed by atoms with E-state index >= 15 is 0 Å². The first kappa shape index (κ1) is 12.2. The van der Waals surface area contributed by atoms with Crippen molar-refractivity contribution in [3.63, 3.8) is 0 Å². The van der Waals surface area contributed by atoms with Crippen LogP contribution in [0.5, 0.6) is 0 Å². The van der Waals surface area contributed by atoms with Crippen molar-refractivity contribution in [2.45, 2.75) is 38.6 Å². The van der Waals surface area contributed by atoms with Crippen molar-refractivity contribution in [3.05, 3.63) is 22.6 Å². The van der Waals surface area contributed by atoms with E-state index in [1.807, 2.05) is 13.1 Å². The van der Waals surface area contributed by atoms with Crippen molar-refractivity contribution in [1.82, 2.24) is 5.32 Å². The first-order valence-electron chi connectivity index (χ1n) is 6.13. The Morgan fingerprint density at radius 2 is 2.00 bits per heavy atom. The number of hydrogen-bond donors (Lipinski definition) is 1. The summed E-state index contributed by atoms with van der Waals surface area (Å²) < 4.78 is 6.50. The van der Waals surface area contributed by atoms with Crippen molar-refractivity contribution in [2.24, 2.45) is 11.8 Å². The molecule has 2 rings (SSSR count). The Kier molecular flexibility index (Phi) is 4.09. The lowest BCUT2D eigenvalue weighted by Crippen LogP contribution is -2.28. The van der Waals surface area contributed by atoms with Gasteiger partial charge in [0.2, 0.25) is 0 Å². The topological polar surface area (TPSA) is 25.2 Å². The third-order valence-electron chi connectivity index (χ3n) is 3.74. The average molecular weight is 286 g/mol. The van der Waals surface area contributed by atoms with Crippen LogP contribution in [0.15, 0.2) is 21.2 Å². The molecule has 1 atom stereocenters. The molecular weight excluding hydrogens is 266 g/mol. The molecule has 0 amide bonds. The zero-order valence-electron chi connectivity index (χ0n) is 10.0. The van der Waals surface area contributed by atoms with Gasteiger partial charge in [-0.05, 0) is 59.8 Å². The number of hydrogen-bond acceptors (Lipinski definition) is 2. The van der Waals surface area contributed by atoms with Crippen molar-refractivity contribution in [3.8, 4) is 0 Å². The van der Waals surface area contributed by atoms with Crippen LogP contribution in [0.2, 0.25) is 0 Å². The Bertz CT molecular complexity index is 328. The monoisotopic (exact) mass is 285 g/mol. The van der Waals surface area contributed by atoms with Crippen LogP contribution in [0, 0.1) is 11.8 Å². The maximum absolute atomic E-state index is 5.67. The van der Waals surface area contributed by atoms with Gasteiger partial charge in [-0.1, -0.05) is 19.8 Å². The van der Waals surface area contributed by atoms with E-state index in [4.69, 9.17) is 4.42 Å². The lowest BCUT2D eigenvalue weighted by molar-refractivity contribution is 0.218. The molecule has 1 aromatic heterocycles. The van der Waals surface area contributed by atoms with Crippen molar-refractivity contribution in [1.29, 1.82) is 0 Å². The molecule has 16 heavy (non-hydrogen) atoms. The second-order valence-electron chi connectivity index (χ2n) is 4.93. The van der Waals surface area contributed by atoms with Gasteiger partial charge in [0.05, 0.1) is 6.04 Å². The summed E-state index contributed by atoms with van der Waals surface area (Å²) in [4.78, 5) is 0. The maximum atomic E-state index is 5.67. The number of rotatable bonds is 3. The summed E-state index contributed by atoms with van der Waals surface area (Å²) in [6, 6.07) is 4.42. The molecule has 0 spiro atoms. The van der Waals surface area contributed by atoms with E-state index in [9.17, 15) is 0 Å². The lowest BCUT2D eigenvalue weighted by Gasteiger charge is -2.31. The molecule has 1 heterocycles. The Hall–Kier alpha value is -0.280. The fraction of sp³-hybridized carbons (Fsp3) is 0.692. The largest absolute Gasteiger partial charge is 0.453 e. The molecule has 0 radical (unpaired) electrons. The average Bonchev–Trinajstić information content (AvgIpc) is 2.69. The van der Waals surface area contributed by atoms with Crippen LogP contribution < -0.4 is 5.32 Å². The summed E-state index contributed by atoms with van der Waals surface area (Å²) in [7, 11) is 2.03. The van der Waals surface area contributed by atoms with E-state index in [1.165, 1.54) is 25.7 Å². The molecule has 1 aliphatic carbocycles. The molecule has 2 nitrogen and oxygen atoms in total. The number of furan rings is 1. The fourth-order valence-electron chi connectivity index (χ4n) is 2.72. The molecule has 1 aromatic rings. The molecule has 1 aliphatic rings. The molecule has 0 saturated heterocycles. The summed E-state index contributed by atoms with van der Waals surface area (Å²) >= 11 is 3.37. The van der Waals surface area contributed by atoms with Crippen LogP contribution in [-0.4, -0.2) is 7.05 Å². The van der Waals surface area contributed by atoms with Crippen LogP contribution in [0.1, 0.15) is 44.4 Å². The number of halogens is 1. The van der Waals surface area contributed by atoms with Crippen LogP contribution in [0.3, 0.4) is 0 Å². The normalized spacial score (nSPS) is 27.9. The predicted octanol–water partition coefficient (Wildman–Crippen LogP) is 4.13. The molecule has 0 bridgehead atoms. The Morgan fingerprint density at radius 3 is 2.50 bits per heavy atom. The van der Waals surface area contributed by atoms with Gasteiger partial charge in [0.15, 0.2) is 4.67 Å². The van der Waals surface area contributed by atoms with Gasteiger partial charge in [-0.15, -0.1) is 0 Å². The Labute approximate surface area is 106 Å². The summed E-state index contributed by atoms with van der Waals surface area (Å²) in [5.74, 6) is 2.69. The second-order valence-corrected chi connectivity index (χ2v) is 5.71. The van der Waals surface area contributed by atoms with E-state index < -0.39 is 0 Å².